The second kappa shape index (κ2) is 6.84. The quantitative estimate of drug-likeness (QED) is 0.652. The van der Waals surface area contributed by atoms with E-state index in [1.165, 1.54) is 0 Å². The second-order valence-electron chi connectivity index (χ2n) is 6.10. The lowest BCUT2D eigenvalue weighted by molar-refractivity contribution is -0.130. The highest BCUT2D eigenvalue weighted by Crippen LogP contribution is 2.44. The van der Waals surface area contributed by atoms with Crippen LogP contribution >= 0.6 is 15.9 Å². The number of aliphatic hydroxyl groups excluding tert-OH is 1. The predicted octanol–water partition coefficient (Wildman–Crippen LogP) is 5.09. The van der Waals surface area contributed by atoms with Gasteiger partial charge in [-0.2, -0.15) is 0 Å². The van der Waals surface area contributed by atoms with Crippen LogP contribution in [0, 0.1) is 0 Å². The summed E-state index contributed by atoms with van der Waals surface area (Å²) >= 11 is 3.50. The third-order valence-corrected chi connectivity index (χ3v) is 4.95. The standard InChI is InChI=1S/C21H16BrNO3/c22-16-9-4-8-15(12-16)19-18(14-6-2-1-3-7-14)20(24)21(25)23(19)13-17-10-5-11-26-17/h1-12,19,24H,13H2. The van der Waals surface area contributed by atoms with Gasteiger partial charge in [0.05, 0.1) is 18.8 Å². The van der Waals surface area contributed by atoms with Crippen molar-refractivity contribution < 1.29 is 14.3 Å². The molecule has 3 aromatic rings. The van der Waals surface area contributed by atoms with Crippen LogP contribution in [0.5, 0.6) is 0 Å². The van der Waals surface area contributed by atoms with Crippen molar-refractivity contribution in [3.63, 3.8) is 0 Å². The molecule has 2 aromatic carbocycles. The number of aliphatic hydroxyl groups is 1. The monoisotopic (exact) mass is 409 g/mol. The summed E-state index contributed by atoms with van der Waals surface area (Å²) < 4.78 is 6.34. The number of rotatable bonds is 4. The molecule has 0 saturated carbocycles. The smallest absolute Gasteiger partial charge is 0.290 e. The van der Waals surface area contributed by atoms with E-state index in [1.807, 2.05) is 60.7 Å². The summed E-state index contributed by atoms with van der Waals surface area (Å²) in [7, 11) is 0. The number of halogens is 1. The molecule has 0 spiro atoms. The third kappa shape index (κ3) is 2.95. The highest BCUT2D eigenvalue weighted by atomic mass is 79.9. The zero-order valence-electron chi connectivity index (χ0n) is 13.8. The van der Waals surface area contributed by atoms with Crippen LogP contribution in [-0.4, -0.2) is 15.9 Å². The maximum absolute atomic E-state index is 12.8. The molecule has 26 heavy (non-hydrogen) atoms. The van der Waals surface area contributed by atoms with Crippen molar-refractivity contribution in [2.45, 2.75) is 12.6 Å². The summed E-state index contributed by atoms with van der Waals surface area (Å²) in [6, 6.07) is 20.5. The average molecular weight is 410 g/mol. The molecular formula is C21H16BrNO3. The molecule has 0 saturated heterocycles. The molecule has 4 nitrogen and oxygen atoms in total. The number of benzene rings is 2. The Kier molecular flexibility index (Phi) is 4.39. The van der Waals surface area contributed by atoms with Gasteiger partial charge in [-0.25, -0.2) is 0 Å². The van der Waals surface area contributed by atoms with Gasteiger partial charge in [0.1, 0.15) is 5.76 Å². The van der Waals surface area contributed by atoms with E-state index in [2.05, 4.69) is 15.9 Å². The number of amides is 1. The molecule has 0 bridgehead atoms. The molecule has 0 fully saturated rings. The SMILES string of the molecule is O=C1C(O)=C(c2ccccc2)C(c2cccc(Br)c2)N1Cc1ccco1. The van der Waals surface area contributed by atoms with Crippen LogP contribution < -0.4 is 0 Å². The Hall–Kier alpha value is -2.79. The number of furan rings is 1. The third-order valence-electron chi connectivity index (χ3n) is 4.46. The molecule has 1 N–H and O–H groups in total. The molecular weight excluding hydrogens is 394 g/mol. The number of carbonyl (C=O) groups excluding carboxylic acids is 1. The lowest BCUT2D eigenvalue weighted by Crippen LogP contribution is -2.29. The average Bonchev–Trinajstić information content (AvgIpc) is 3.25. The van der Waals surface area contributed by atoms with Crippen LogP contribution in [0.4, 0.5) is 0 Å². The maximum atomic E-state index is 12.8. The number of nitrogens with zero attached hydrogens (tertiary/aromatic N) is 1. The molecule has 0 radical (unpaired) electrons. The van der Waals surface area contributed by atoms with E-state index in [0.717, 1.165) is 15.6 Å². The topological polar surface area (TPSA) is 53.7 Å². The first kappa shape index (κ1) is 16.7. The first-order valence-corrected chi connectivity index (χ1v) is 9.02. The normalized spacial score (nSPS) is 17.2. The van der Waals surface area contributed by atoms with E-state index >= 15 is 0 Å². The predicted molar refractivity (Wildman–Crippen MR) is 102 cm³/mol. The fourth-order valence-electron chi connectivity index (χ4n) is 3.32. The summed E-state index contributed by atoms with van der Waals surface area (Å²) in [5.41, 5.74) is 2.35. The molecule has 2 heterocycles. The highest BCUT2D eigenvalue weighted by molar-refractivity contribution is 9.10. The van der Waals surface area contributed by atoms with Gasteiger partial charge in [0.2, 0.25) is 0 Å². The number of hydrogen-bond donors (Lipinski definition) is 1. The molecule has 1 aromatic heterocycles. The first-order chi connectivity index (χ1) is 12.6. The molecule has 1 unspecified atom stereocenters. The van der Waals surface area contributed by atoms with Gasteiger partial charge in [0.25, 0.3) is 5.91 Å². The Morgan fingerprint density at radius 2 is 1.85 bits per heavy atom. The molecule has 0 aliphatic carbocycles. The Morgan fingerprint density at radius 1 is 1.04 bits per heavy atom. The number of hydrogen-bond acceptors (Lipinski definition) is 3. The van der Waals surface area contributed by atoms with Gasteiger partial charge in [-0.05, 0) is 35.4 Å². The summed E-state index contributed by atoms with van der Waals surface area (Å²) in [5.74, 6) is 0.0541. The fraction of sp³-hybridized carbons (Fsp3) is 0.0952. The molecule has 1 atom stereocenters. The zero-order valence-corrected chi connectivity index (χ0v) is 15.4. The van der Waals surface area contributed by atoms with Gasteiger partial charge in [-0.1, -0.05) is 58.4 Å². The second-order valence-corrected chi connectivity index (χ2v) is 7.01. The van der Waals surface area contributed by atoms with Crippen LogP contribution in [0.3, 0.4) is 0 Å². The Bertz CT molecular complexity index is 964. The van der Waals surface area contributed by atoms with E-state index in [4.69, 9.17) is 4.42 Å². The minimum Gasteiger partial charge on any atom is -0.503 e. The van der Waals surface area contributed by atoms with Crippen molar-refractivity contribution in [1.82, 2.24) is 4.90 Å². The van der Waals surface area contributed by atoms with Gasteiger partial charge >= 0.3 is 0 Å². The van der Waals surface area contributed by atoms with E-state index in [9.17, 15) is 9.90 Å². The van der Waals surface area contributed by atoms with Crippen molar-refractivity contribution in [2.75, 3.05) is 0 Å². The lowest BCUT2D eigenvalue weighted by atomic mass is 9.93. The zero-order chi connectivity index (χ0) is 18.1. The summed E-state index contributed by atoms with van der Waals surface area (Å²) in [5, 5.41) is 10.7. The summed E-state index contributed by atoms with van der Waals surface area (Å²) in [6.45, 7) is 0.281. The minimum absolute atomic E-state index is 0.215. The van der Waals surface area contributed by atoms with E-state index < -0.39 is 11.9 Å². The van der Waals surface area contributed by atoms with E-state index in [0.29, 0.717) is 11.3 Å². The van der Waals surface area contributed by atoms with E-state index in [1.54, 1.807) is 17.2 Å². The molecule has 4 rings (SSSR count). The number of carbonyl (C=O) groups is 1. The minimum atomic E-state index is -0.398. The van der Waals surface area contributed by atoms with Crippen molar-refractivity contribution in [3.8, 4) is 0 Å². The van der Waals surface area contributed by atoms with Crippen LogP contribution in [0.15, 0.2) is 87.6 Å². The first-order valence-electron chi connectivity index (χ1n) is 8.22. The van der Waals surface area contributed by atoms with E-state index in [-0.39, 0.29) is 12.3 Å². The molecule has 1 amide bonds. The van der Waals surface area contributed by atoms with Crippen LogP contribution in [0.25, 0.3) is 5.57 Å². The fourth-order valence-corrected chi connectivity index (χ4v) is 3.74. The van der Waals surface area contributed by atoms with Gasteiger partial charge in [0.15, 0.2) is 5.76 Å². The van der Waals surface area contributed by atoms with Gasteiger partial charge in [-0.15, -0.1) is 0 Å². The van der Waals surface area contributed by atoms with Gasteiger partial charge < -0.3 is 14.4 Å². The largest absolute Gasteiger partial charge is 0.503 e. The Labute approximate surface area is 159 Å². The van der Waals surface area contributed by atoms with Gasteiger partial charge in [-0.3, -0.25) is 4.79 Å². The molecule has 1 aliphatic rings. The Balaban J connectivity index is 1.84. The molecule has 5 heteroatoms. The van der Waals surface area contributed by atoms with Crippen LogP contribution in [-0.2, 0) is 11.3 Å². The highest BCUT2D eigenvalue weighted by Gasteiger charge is 2.41. The van der Waals surface area contributed by atoms with Crippen LogP contribution in [0.1, 0.15) is 22.9 Å². The van der Waals surface area contributed by atoms with Crippen LogP contribution in [0.2, 0.25) is 0 Å². The van der Waals surface area contributed by atoms with Crippen molar-refractivity contribution in [3.05, 3.63) is 100 Å². The molecule has 1 aliphatic heterocycles. The summed E-state index contributed by atoms with van der Waals surface area (Å²) in [6.07, 6.45) is 1.58. The van der Waals surface area contributed by atoms with Crippen molar-refractivity contribution in [2.24, 2.45) is 0 Å². The lowest BCUT2D eigenvalue weighted by Gasteiger charge is -2.26. The molecule has 130 valence electrons. The Morgan fingerprint density at radius 3 is 2.54 bits per heavy atom. The summed E-state index contributed by atoms with van der Waals surface area (Å²) in [4.78, 5) is 14.5. The van der Waals surface area contributed by atoms with Crippen molar-refractivity contribution in [1.29, 1.82) is 0 Å². The van der Waals surface area contributed by atoms with Crippen molar-refractivity contribution >= 4 is 27.4 Å². The van der Waals surface area contributed by atoms with Gasteiger partial charge in [0, 0.05) is 10.0 Å². The maximum Gasteiger partial charge on any atom is 0.290 e.